The molecule has 1 amide bonds. The average molecular weight is 278 g/mol. The van der Waals surface area contributed by atoms with Gasteiger partial charge in [-0.05, 0) is 26.2 Å². The van der Waals surface area contributed by atoms with Gasteiger partial charge in [-0.3, -0.25) is 4.79 Å². The zero-order chi connectivity index (χ0) is 13.8. The molecule has 0 spiro atoms. The van der Waals surface area contributed by atoms with Gasteiger partial charge in [0.05, 0.1) is 6.26 Å². The van der Waals surface area contributed by atoms with Crippen LogP contribution in [0, 0.1) is 0 Å². The maximum absolute atomic E-state index is 12.0. The number of rotatable bonds is 5. The van der Waals surface area contributed by atoms with Crippen molar-refractivity contribution in [3.63, 3.8) is 0 Å². The Bertz CT molecular complexity index is 383. The van der Waals surface area contributed by atoms with Gasteiger partial charge >= 0.3 is 0 Å². The van der Waals surface area contributed by atoms with E-state index in [1.165, 1.54) is 4.31 Å². The van der Waals surface area contributed by atoms with E-state index in [0.717, 1.165) is 19.1 Å². The molecule has 106 valence electrons. The monoisotopic (exact) mass is 278 g/mol. The van der Waals surface area contributed by atoms with Crippen LogP contribution < -0.4 is 5.32 Å². The highest BCUT2D eigenvalue weighted by molar-refractivity contribution is 7.88. The van der Waals surface area contributed by atoms with Gasteiger partial charge in [0.25, 0.3) is 0 Å². The topological polar surface area (TPSA) is 86.7 Å². The largest absolute Gasteiger partial charge is 0.396 e. The third kappa shape index (κ3) is 4.22. The lowest BCUT2D eigenvalue weighted by atomic mass is 10.0. The van der Waals surface area contributed by atoms with Crippen molar-refractivity contribution in [3.8, 4) is 0 Å². The fourth-order valence-corrected chi connectivity index (χ4v) is 3.29. The molecule has 1 fully saturated rings. The normalized spacial score (nSPS) is 23.6. The summed E-state index contributed by atoms with van der Waals surface area (Å²) in [5, 5.41) is 11.5. The molecule has 2 unspecified atom stereocenters. The van der Waals surface area contributed by atoms with Crippen molar-refractivity contribution in [1.29, 1.82) is 0 Å². The third-order valence-corrected chi connectivity index (χ3v) is 4.42. The van der Waals surface area contributed by atoms with Crippen LogP contribution in [0.1, 0.15) is 32.6 Å². The minimum absolute atomic E-state index is 0.00189. The number of nitrogens with zero attached hydrogens (tertiary/aromatic N) is 1. The van der Waals surface area contributed by atoms with Gasteiger partial charge in [0.1, 0.15) is 6.04 Å². The minimum Gasteiger partial charge on any atom is -0.396 e. The van der Waals surface area contributed by atoms with E-state index in [4.69, 9.17) is 5.11 Å². The van der Waals surface area contributed by atoms with Crippen molar-refractivity contribution in [2.75, 3.05) is 19.4 Å². The Morgan fingerprint density at radius 1 is 1.50 bits per heavy atom. The van der Waals surface area contributed by atoms with E-state index in [-0.39, 0.29) is 18.6 Å². The van der Waals surface area contributed by atoms with Gasteiger partial charge in [-0.1, -0.05) is 6.42 Å². The number of hydrogen-bond acceptors (Lipinski definition) is 4. The summed E-state index contributed by atoms with van der Waals surface area (Å²) in [6.07, 6.45) is 3.82. The molecule has 0 radical (unpaired) electrons. The molecule has 1 saturated heterocycles. The summed E-state index contributed by atoms with van der Waals surface area (Å²) in [5.74, 6) is -0.263. The fraction of sp³-hybridized carbons (Fsp3) is 0.909. The number of sulfonamides is 1. The molecule has 0 saturated carbocycles. The molecule has 0 aromatic carbocycles. The smallest absolute Gasteiger partial charge is 0.238 e. The predicted octanol–water partition coefficient (Wildman–Crippen LogP) is -0.312. The van der Waals surface area contributed by atoms with Crippen molar-refractivity contribution in [2.45, 2.75) is 44.7 Å². The van der Waals surface area contributed by atoms with Gasteiger partial charge in [-0.15, -0.1) is 0 Å². The lowest BCUT2D eigenvalue weighted by Gasteiger charge is -2.33. The van der Waals surface area contributed by atoms with Crippen molar-refractivity contribution in [1.82, 2.24) is 9.62 Å². The van der Waals surface area contributed by atoms with Gasteiger partial charge in [0.2, 0.25) is 15.9 Å². The van der Waals surface area contributed by atoms with Crippen LogP contribution in [0.4, 0.5) is 0 Å². The standard InChI is InChI=1S/C11H22N2O4S/c1-9(6-8-14)12-11(15)10-5-3-4-7-13(10)18(2,16)17/h9-10,14H,3-8H2,1-2H3,(H,12,15). The third-order valence-electron chi connectivity index (χ3n) is 3.13. The summed E-state index contributed by atoms with van der Waals surface area (Å²) in [7, 11) is -3.35. The number of carbonyl (C=O) groups excluding carboxylic acids is 1. The predicted molar refractivity (Wildman–Crippen MR) is 68.5 cm³/mol. The summed E-state index contributed by atoms with van der Waals surface area (Å²) in [4.78, 5) is 12.0. The summed E-state index contributed by atoms with van der Waals surface area (Å²) in [6, 6.07) is -0.749. The lowest BCUT2D eigenvalue weighted by Crippen LogP contribution is -2.53. The molecule has 0 aliphatic carbocycles. The Kier molecular flexibility index (Phi) is 5.55. The zero-order valence-electron chi connectivity index (χ0n) is 10.9. The number of aliphatic hydroxyl groups excluding tert-OH is 1. The van der Waals surface area contributed by atoms with E-state index in [1.807, 2.05) is 0 Å². The van der Waals surface area contributed by atoms with Crippen LogP contribution in [0.5, 0.6) is 0 Å². The molecule has 0 aromatic heterocycles. The summed E-state index contributed by atoms with van der Waals surface area (Å²) in [5.41, 5.74) is 0. The highest BCUT2D eigenvalue weighted by Gasteiger charge is 2.34. The fourth-order valence-electron chi connectivity index (χ4n) is 2.17. The van der Waals surface area contributed by atoms with Crippen LogP contribution in [-0.2, 0) is 14.8 Å². The number of amides is 1. The van der Waals surface area contributed by atoms with Gasteiger partial charge in [-0.25, -0.2) is 8.42 Å². The molecule has 18 heavy (non-hydrogen) atoms. The van der Waals surface area contributed by atoms with E-state index in [9.17, 15) is 13.2 Å². The van der Waals surface area contributed by atoms with E-state index in [2.05, 4.69) is 5.32 Å². The van der Waals surface area contributed by atoms with E-state index >= 15 is 0 Å². The summed E-state index contributed by atoms with van der Waals surface area (Å²) >= 11 is 0. The molecular formula is C11H22N2O4S. The van der Waals surface area contributed by atoms with Crippen LogP contribution in [0.25, 0.3) is 0 Å². The van der Waals surface area contributed by atoms with Gasteiger partial charge in [0.15, 0.2) is 0 Å². The molecule has 7 heteroatoms. The number of hydrogen-bond donors (Lipinski definition) is 2. The second-order valence-corrected chi connectivity index (χ2v) is 6.74. The van der Waals surface area contributed by atoms with E-state index < -0.39 is 16.1 Å². The van der Waals surface area contributed by atoms with Crippen molar-refractivity contribution in [2.24, 2.45) is 0 Å². The second-order valence-electron chi connectivity index (χ2n) is 4.81. The maximum Gasteiger partial charge on any atom is 0.238 e. The molecule has 0 bridgehead atoms. The number of aliphatic hydroxyl groups is 1. The number of carbonyl (C=O) groups is 1. The molecule has 6 nitrogen and oxygen atoms in total. The SMILES string of the molecule is CC(CCO)NC(=O)C1CCCCN1S(C)(=O)=O. The van der Waals surface area contributed by atoms with Gasteiger partial charge in [0, 0.05) is 19.2 Å². The molecule has 1 heterocycles. The van der Waals surface area contributed by atoms with Crippen LogP contribution in [0.2, 0.25) is 0 Å². The molecule has 0 aromatic rings. The number of nitrogens with one attached hydrogen (secondary N) is 1. The van der Waals surface area contributed by atoms with Gasteiger partial charge in [-0.2, -0.15) is 4.31 Å². The highest BCUT2D eigenvalue weighted by Crippen LogP contribution is 2.20. The Hall–Kier alpha value is -0.660. The molecule has 1 aliphatic heterocycles. The molecule has 2 N–H and O–H groups in total. The van der Waals surface area contributed by atoms with E-state index in [1.54, 1.807) is 6.92 Å². The van der Waals surface area contributed by atoms with Crippen molar-refractivity contribution in [3.05, 3.63) is 0 Å². The molecular weight excluding hydrogens is 256 g/mol. The quantitative estimate of drug-likeness (QED) is 0.722. The Balaban J connectivity index is 2.69. The second kappa shape index (κ2) is 6.49. The average Bonchev–Trinajstić information content (AvgIpc) is 2.28. The minimum atomic E-state index is -3.35. The lowest BCUT2D eigenvalue weighted by molar-refractivity contribution is -0.126. The van der Waals surface area contributed by atoms with Crippen LogP contribution in [-0.4, -0.2) is 55.2 Å². The number of piperidine rings is 1. The molecule has 1 aliphatic rings. The summed E-state index contributed by atoms with van der Waals surface area (Å²) in [6.45, 7) is 2.20. The van der Waals surface area contributed by atoms with Crippen molar-refractivity contribution >= 4 is 15.9 Å². The van der Waals surface area contributed by atoms with Crippen LogP contribution >= 0.6 is 0 Å². The first-order valence-corrected chi connectivity index (χ1v) is 8.09. The van der Waals surface area contributed by atoms with Crippen molar-refractivity contribution < 1.29 is 18.3 Å². The van der Waals surface area contributed by atoms with Gasteiger partial charge < -0.3 is 10.4 Å². The Morgan fingerprint density at radius 2 is 2.17 bits per heavy atom. The first kappa shape index (κ1) is 15.4. The Morgan fingerprint density at radius 3 is 2.72 bits per heavy atom. The molecule has 2 atom stereocenters. The first-order valence-electron chi connectivity index (χ1n) is 6.24. The first-order chi connectivity index (χ1) is 8.36. The highest BCUT2D eigenvalue weighted by atomic mass is 32.2. The van der Waals surface area contributed by atoms with Crippen LogP contribution in [0.15, 0.2) is 0 Å². The zero-order valence-corrected chi connectivity index (χ0v) is 11.7. The molecule has 1 rings (SSSR count). The Labute approximate surface area is 108 Å². The summed E-state index contributed by atoms with van der Waals surface area (Å²) < 4.78 is 24.5. The van der Waals surface area contributed by atoms with E-state index in [0.29, 0.717) is 19.4 Å². The van der Waals surface area contributed by atoms with Crippen LogP contribution in [0.3, 0.4) is 0 Å². The maximum atomic E-state index is 12.0.